The van der Waals surface area contributed by atoms with Crippen LogP contribution in [0.3, 0.4) is 0 Å². The third-order valence-corrected chi connectivity index (χ3v) is 2.97. The van der Waals surface area contributed by atoms with Crippen molar-refractivity contribution in [3.05, 3.63) is 28.3 Å². The van der Waals surface area contributed by atoms with Crippen LogP contribution in [0.1, 0.15) is 31.2 Å². The lowest BCUT2D eigenvalue weighted by Gasteiger charge is -1.97. The van der Waals surface area contributed by atoms with E-state index in [1.54, 1.807) is 11.3 Å². The summed E-state index contributed by atoms with van der Waals surface area (Å²) in [5.74, 6) is 0.717. The van der Waals surface area contributed by atoms with Crippen LogP contribution in [0, 0.1) is 0 Å². The van der Waals surface area contributed by atoms with Gasteiger partial charge in [-0.05, 0) is 28.8 Å². The first-order valence-corrected chi connectivity index (χ1v) is 6.40. The molecule has 5 heteroatoms. The summed E-state index contributed by atoms with van der Waals surface area (Å²) in [6, 6.07) is 2.59. The van der Waals surface area contributed by atoms with Gasteiger partial charge in [-0.2, -0.15) is 11.3 Å². The number of nitrogens with zero attached hydrogens (tertiary/aromatic N) is 2. The molecular formula is C11H15N3OS. The van der Waals surface area contributed by atoms with Crippen molar-refractivity contribution in [3.8, 4) is 0 Å². The number of rotatable bonds is 6. The van der Waals surface area contributed by atoms with Crippen LogP contribution in [0.5, 0.6) is 0 Å². The average Bonchev–Trinajstić information content (AvgIpc) is 2.95. The van der Waals surface area contributed by atoms with Gasteiger partial charge in [0.25, 0.3) is 0 Å². The maximum absolute atomic E-state index is 5.45. The minimum Gasteiger partial charge on any atom is -0.408 e. The summed E-state index contributed by atoms with van der Waals surface area (Å²) in [4.78, 5) is 0. The number of aromatic nitrogens is 2. The second kappa shape index (κ2) is 5.65. The minimum atomic E-state index is 0.511. The van der Waals surface area contributed by atoms with E-state index in [9.17, 15) is 0 Å². The molecule has 0 unspecified atom stereocenters. The summed E-state index contributed by atoms with van der Waals surface area (Å²) >= 11 is 1.68. The van der Waals surface area contributed by atoms with E-state index >= 15 is 0 Å². The van der Waals surface area contributed by atoms with Gasteiger partial charge in [-0.15, -0.1) is 5.10 Å². The van der Waals surface area contributed by atoms with Crippen LogP contribution in [0.15, 0.2) is 21.2 Å². The molecule has 16 heavy (non-hydrogen) atoms. The third-order valence-electron chi connectivity index (χ3n) is 2.23. The molecule has 0 atom stereocenters. The van der Waals surface area contributed by atoms with Gasteiger partial charge in [-0.25, -0.2) is 0 Å². The van der Waals surface area contributed by atoms with Gasteiger partial charge in [0.15, 0.2) is 0 Å². The Hall–Kier alpha value is -1.36. The van der Waals surface area contributed by atoms with Crippen molar-refractivity contribution < 1.29 is 4.42 Å². The fourth-order valence-electron chi connectivity index (χ4n) is 1.32. The SMILES string of the molecule is CCCCc1nnc(NCc2ccsc2)o1. The van der Waals surface area contributed by atoms with Crippen molar-refractivity contribution in [3.63, 3.8) is 0 Å². The van der Waals surface area contributed by atoms with Crippen molar-refractivity contribution in [2.75, 3.05) is 5.32 Å². The zero-order valence-electron chi connectivity index (χ0n) is 9.27. The van der Waals surface area contributed by atoms with Crippen molar-refractivity contribution in [2.45, 2.75) is 32.7 Å². The predicted octanol–water partition coefficient (Wildman–Crippen LogP) is 3.09. The Morgan fingerprint density at radius 2 is 2.38 bits per heavy atom. The molecule has 0 aliphatic carbocycles. The molecule has 0 radical (unpaired) electrons. The molecule has 0 saturated heterocycles. The number of anilines is 1. The zero-order chi connectivity index (χ0) is 11.2. The van der Waals surface area contributed by atoms with E-state index < -0.39 is 0 Å². The molecule has 0 saturated carbocycles. The van der Waals surface area contributed by atoms with E-state index in [1.807, 2.05) is 0 Å². The first-order valence-electron chi connectivity index (χ1n) is 5.46. The van der Waals surface area contributed by atoms with Gasteiger partial charge in [0.05, 0.1) is 0 Å². The molecule has 4 nitrogen and oxygen atoms in total. The van der Waals surface area contributed by atoms with Crippen molar-refractivity contribution in [2.24, 2.45) is 0 Å². The maximum atomic E-state index is 5.45. The smallest absolute Gasteiger partial charge is 0.315 e. The molecule has 1 N–H and O–H groups in total. The monoisotopic (exact) mass is 237 g/mol. The van der Waals surface area contributed by atoms with Gasteiger partial charge in [-0.1, -0.05) is 18.4 Å². The molecule has 2 aromatic rings. The molecule has 0 spiro atoms. The molecule has 0 aliphatic heterocycles. The van der Waals surface area contributed by atoms with Gasteiger partial charge < -0.3 is 9.73 Å². The van der Waals surface area contributed by atoms with E-state index in [2.05, 4.69) is 39.3 Å². The quantitative estimate of drug-likeness (QED) is 0.838. The van der Waals surface area contributed by atoms with Gasteiger partial charge >= 0.3 is 6.01 Å². The fraction of sp³-hybridized carbons (Fsp3) is 0.455. The number of unbranched alkanes of at least 4 members (excludes halogenated alkanes) is 1. The summed E-state index contributed by atoms with van der Waals surface area (Å²) in [6.07, 6.45) is 3.09. The van der Waals surface area contributed by atoms with Crippen LogP contribution >= 0.6 is 11.3 Å². The van der Waals surface area contributed by atoms with Crippen molar-refractivity contribution in [1.29, 1.82) is 0 Å². The number of thiophene rings is 1. The Bertz CT molecular complexity index is 411. The van der Waals surface area contributed by atoms with Crippen LogP contribution in [-0.2, 0) is 13.0 Å². The molecule has 0 fully saturated rings. The van der Waals surface area contributed by atoms with E-state index in [4.69, 9.17) is 4.42 Å². The third kappa shape index (κ3) is 3.06. The Kier molecular flexibility index (Phi) is 3.93. The minimum absolute atomic E-state index is 0.511. The molecule has 0 bridgehead atoms. The number of hydrogen-bond acceptors (Lipinski definition) is 5. The van der Waals surface area contributed by atoms with E-state index in [-0.39, 0.29) is 0 Å². The van der Waals surface area contributed by atoms with Crippen LogP contribution in [0.4, 0.5) is 6.01 Å². The Morgan fingerprint density at radius 3 is 3.12 bits per heavy atom. The Balaban J connectivity index is 1.83. The maximum Gasteiger partial charge on any atom is 0.315 e. The van der Waals surface area contributed by atoms with Crippen LogP contribution < -0.4 is 5.32 Å². The highest BCUT2D eigenvalue weighted by atomic mass is 32.1. The number of nitrogens with one attached hydrogen (secondary N) is 1. The van der Waals surface area contributed by atoms with Gasteiger partial charge in [0.1, 0.15) is 0 Å². The number of aryl methyl sites for hydroxylation is 1. The molecule has 0 amide bonds. The zero-order valence-corrected chi connectivity index (χ0v) is 10.1. The van der Waals surface area contributed by atoms with Crippen LogP contribution in [0.2, 0.25) is 0 Å². The summed E-state index contributed by atoms with van der Waals surface area (Å²) in [7, 11) is 0. The Morgan fingerprint density at radius 1 is 1.44 bits per heavy atom. The molecule has 86 valence electrons. The highest BCUT2D eigenvalue weighted by Crippen LogP contribution is 2.11. The summed E-state index contributed by atoms with van der Waals surface area (Å²) in [5.41, 5.74) is 1.23. The van der Waals surface area contributed by atoms with Gasteiger partial charge in [0.2, 0.25) is 5.89 Å². The molecular weight excluding hydrogens is 222 g/mol. The molecule has 2 aromatic heterocycles. The molecule has 0 aromatic carbocycles. The second-order valence-corrected chi connectivity index (χ2v) is 4.37. The van der Waals surface area contributed by atoms with Crippen molar-refractivity contribution >= 4 is 17.4 Å². The Labute approximate surface area is 98.7 Å². The number of hydrogen-bond donors (Lipinski definition) is 1. The molecule has 2 heterocycles. The standard InChI is InChI=1S/C11H15N3OS/c1-2-3-4-10-13-14-11(15-10)12-7-9-5-6-16-8-9/h5-6,8H,2-4,7H2,1H3,(H,12,14). The highest BCUT2D eigenvalue weighted by molar-refractivity contribution is 7.07. The summed E-state index contributed by atoms with van der Waals surface area (Å²) in [5, 5.41) is 15.2. The van der Waals surface area contributed by atoms with E-state index in [0.29, 0.717) is 6.01 Å². The summed E-state index contributed by atoms with van der Waals surface area (Å²) < 4.78 is 5.45. The van der Waals surface area contributed by atoms with E-state index in [1.165, 1.54) is 5.56 Å². The lowest BCUT2D eigenvalue weighted by Crippen LogP contribution is -1.97. The molecule has 2 rings (SSSR count). The summed E-state index contributed by atoms with van der Waals surface area (Å²) in [6.45, 7) is 2.88. The van der Waals surface area contributed by atoms with E-state index in [0.717, 1.165) is 31.7 Å². The predicted molar refractivity (Wildman–Crippen MR) is 64.6 cm³/mol. The second-order valence-electron chi connectivity index (χ2n) is 3.59. The average molecular weight is 237 g/mol. The fourth-order valence-corrected chi connectivity index (χ4v) is 1.99. The normalized spacial score (nSPS) is 10.6. The largest absolute Gasteiger partial charge is 0.408 e. The lowest BCUT2D eigenvalue weighted by atomic mass is 10.2. The first-order chi connectivity index (χ1) is 7.88. The highest BCUT2D eigenvalue weighted by Gasteiger charge is 2.04. The first kappa shape index (κ1) is 11.1. The van der Waals surface area contributed by atoms with Gasteiger partial charge in [-0.3, -0.25) is 0 Å². The van der Waals surface area contributed by atoms with Crippen LogP contribution in [0.25, 0.3) is 0 Å². The topological polar surface area (TPSA) is 51.0 Å². The molecule has 0 aliphatic rings. The lowest BCUT2D eigenvalue weighted by molar-refractivity contribution is 0.495. The van der Waals surface area contributed by atoms with Crippen molar-refractivity contribution in [1.82, 2.24) is 10.2 Å². The van der Waals surface area contributed by atoms with Gasteiger partial charge in [0, 0.05) is 13.0 Å². The van der Waals surface area contributed by atoms with Crippen LogP contribution in [-0.4, -0.2) is 10.2 Å².